The Balaban J connectivity index is 2.13. The van der Waals surface area contributed by atoms with Crippen LogP contribution in [0.4, 0.5) is 0 Å². The van der Waals surface area contributed by atoms with E-state index < -0.39 is 0 Å². The molecular formula is C24H27BrIN3O3. The van der Waals surface area contributed by atoms with Gasteiger partial charge in [0.1, 0.15) is 5.82 Å². The van der Waals surface area contributed by atoms with Gasteiger partial charge in [-0.25, -0.2) is 4.98 Å². The number of nitrogens with zero attached hydrogens (tertiary/aromatic N) is 3. The van der Waals surface area contributed by atoms with Crippen molar-refractivity contribution in [1.29, 1.82) is 0 Å². The van der Waals surface area contributed by atoms with Crippen molar-refractivity contribution in [3.8, 4) is 11.5 Å². The molecule has 0 saturated carbocycles. The van der Waals surface area contributed by atoms with Gasteiger partial charge in [-0.3, -0.25) is 4.79 Å². The number of ether oxygens (including phenoxy) is 2. The smallest absolute Gasteiger partial charge is 0.282 e. The lowest BCUT2D eigenvalue weighted by atomic mass is 9.95. The Labute approximate surface area is 210 Å². The largest absolute Gasteiger partial charge is 0.493 e. The van der Waals surface area contributed by atoms with Gasteiger partial charge in [0, 0.05) is 9.89 Å². The molecule has 0 amide bonds. The lowest BCUT2D eigenvalue weighted by Gasteiger charge is -2.21. The van der Waals surface area contributed by atoms with Gasteiger partial charge in [-0.2, -0.15) is 9.78 Å². The quantitative estimate of drug-likeness (QED) is 0.248. The van der Waals surface area contributed by atoms with Crippen LogP contribution in [0.5, 0.6) is 11.5 Å². The SMILES string of the molecule is CC[C@@H](C)Oc1c(I)cc(C=Nn2c(C(C)(C)C)nc3ccc(Br)cc3c2=O)cc1OC. The summed E-state index contributed by atoms with van der Waals surface area (Å²) < 4.78 is 14.7. The second kappa shape index (κ2) is 9.91. The number of aromatic nitrogens is 2. The van der Waals surface area contributed by atoms with E-state index in [9.17, 15) is 4.79 Å². The number of hydrogen-bond acceptors (Lipinski definition) is 5. The van der Waals surface area contributed by atoms with Gasteiger partial charge in [0.25, 0.3) is 5.56 Å². The summed E-state index contributed by atoms with van der Waals surface area (Å²) in [5, 5.41) is 5.06. The highest BCUT2D eigenvalue weighted by molar-refractivity contribution is 14.1. The average Bonchev–Trinajstić information content (AvgIpc) is 2.73. The van der Waals surface area contributed by atoms with Crippen molar-refractivity contribution in [3.63, 3.8) is 0 Å². The summed E-state index contributed by atoms with van der Waals surface area (Å²) in [5.74, 6) is 1.93. The maximum Gasteiger partial charge on any atom is 0.282 e. The van der Waals surface area contributed by atoms with Gasteiger partial charge in [-0.05, 0) is 71.8 Å². The summed E-state index contributed by atoms with van der Waals surface area (Å²) in [5.41, 5.74) is 0.856. The summed E-state index contributed by atoms with van der Waals surface area (Å²) >= 11 is 5.66. The summed E-state index contributed by atoms with van der Waals surface area (Å²) in [6.45, 7) is 10.1. The number of benzene rings is 2. The highest BCUT2D eigenvalue weighted by Crippen LogP contribution is 2.34. The fraction of sp³-hybridized carbons (Fsp3) is 0.375. The third-order valence-electron chi connectivity index (χ3n) is 4.95. The molecule has 8 heteroatoms. The van der Waals surface area contributed by atoms with Crippen LogP contribution in [0.2, 0.25) is 0 Å². The van der Waals surface area contributed by atoms with Gasteiger partial charge in [-0.15, -0.1) is 0 Å². The van der Waals surface area contributed by atoms with Crippen LogP contribution in [0, 0.1) is 3.57 Å². The number of methoxy groups -OCH3 is 1. The summed E-state index contributed by atoms with van der Waals surface area (Å²) in [7, 11) is 1.61. The lowest BCUT2D eigenvalue weighted by Crippen LogP contribution is -2.29. The van der Waals surface area contributed by atoms with E-state index in [4.69, 9.17) is 14.5 Å². The summed E-state index contributed by atoms with van der Waals surface area (Å²) in [6.07, 6.45) is 2.62. The Morgan fingerprint density at radius 3 is 2.62 bits per heavy atom. The Morgan fingerprint density at radius 2 is 2.00 bits per heavy atom. The molecule has 0 aliphatic heterocycles. The van der Waals surface area contributed by atoms with Crippen LogP contribution in [0.1, 0.15) is 52.4 Å². The minimum Gasteiger partial charge on any atom is -0.493 e. The molecule has 0 aliphatic carbocycles. The Bertz CT molecular complexity index is 1230. The minimum absolute atomic E-state index is 0.0767. The molecule has 170 valence electrons. The van der Waals surface area contributed by atoms with E-state index >= 15 is 0 Å². The van der Waals surface area contributed by atoms with Crippen molar-refractivity contribution >= 4 is 55.6 Å². The number of halogens is 2. The van der Waals surface area contributed by atoms with Gasteiger partial charge in [0.15, 0.2) is 11.5 Å². The monoisotopic (exact) mass is 611 g/mol. The first kappa shape index (κ1) is 24.7. The zero-order valence-electron chi connectivity index (χ0n) is 19.1. The molecule has 0 N–H and O–H groups in total. The molecule has 0 fully saturated rings. The fourth-order valence-corrected chi connectivity index (χ4v) is 4.19. The summed E-state index contributed by atoms with van der Waals surface area (Å²) in [4.78, 5) is 18.1. The molecule has 1 atom stereocenters. The topological polar surface area (TPSA) is 65.7 Å². The number of rotatable bonds is 6. The third kappa shape index (κ3) is 5.33. The van der Waals surface area contributed by atoms with Gasteiger partial charge in [-0.1, -0.05) is 43.6 Å². The zero-order chi connectivity index (χ0) is 23.6. The van der Waals surface area contributed by atoms with E-state index in [-0.39, 0.29) is 17.1 Å². The van der Waals surface area contributed by atoms with Crippen molar-refractivity contribution in [2.75, 3.05) is 7.11 Å². The maximum atomic E-state index is 13.3. The van der Waals surface area contributed by atoms with Gasteiger partial charge < -0.3 is 9.47 Å². The van der Waals surface area contributed by atoms with Gasteiger partial charge in [0.2, 0.25) is 0 Å². The second-order valence-corrected chi connectivity index (χ2v) is 10.7. The lowest BCUT2D eigenvalue weighted by molar-refractivity contribution is 0.206. The van der Waals surface area contributed by atoms with Crippen molar-refractivity contribution in [2.24, 2.45) is 5.10 Å². The first-order valence-electron chi connectivity index (χ1n) is 10.4. The first-order valence-corrected chi connectivity index (χ1v) is 12.2. The molecule has 0 aliphatic rings. The van der Waals surface area contributed by atoms with Crippen LogP contribution in [-0.4, -0.2) is 29.1 Å². The minimum atomic E-state index is -0.377. The molecule has 32 heavy (non-hydrogen) atoms. The molecule has 1 aromatic heterocycles. The molecule has 0 radical (unpaired) electrons. The molecule has 6 nitrogen and oxygen atoms in total. The van der Waals surface area contributed by atoms with Gasteiger partial charge >= 0.3 is 0 Å². The van der Waals surface area contributed by atoms with Gasteiger partial charge in [0.05, 0.1) is 33.9 Å². The Hall–Kier alpha value is -1.94. The van der Waals surface area contributed by atoms with Crippen LogP contribution in [0.25, 0.3) is 10.9 Å². The van der Waals surface area contributed by atoms with E-state index in [2.05, 4.69) is 50.5 Å². The van der Waals surface area contributed by atoms with E-state index in [1.54, 1.807) is 19.4 Å². The highest BCUT2D eigenvalue weighted by Gasteiger charge is 2.23. The Kier molecular flexibility index (Phi) is 7.65. The average molecular weight is 612 g/mol. The van der Waals surface area contributed by atoms with Crippen LogP contribution in [0.3, 0.4) is 0 Å². The molecule has 1 heterocycles. The van der Waals surface area contributed by atoms with E-state index in [1.807, 2.05) is 52.0 Å². The molecular weight excluding hydrogens is 585 g/mol. The molecule has 0 saturated heterocycles. The standard InChI is InChI=1S/C24H27BrIN3O3/c1-7-14(2)32-21-18(26)10-15(11-20(21)31-6)13-27-29-22(30)17-12-16(25)8-9-19(17)28-23(29)24(3,4)5/h8-14H,7H2,1-6H3/t14-/m1/s1. The fourth-order valence-electron chi connectivity index (χ4n) is 3.08. The molecule has 0 bridgehead atoms. The second-order valence-electron chi connectivity index (χ2n) is 8.58. The van der Waals surface area contributed by atoms with Crippen molar-refractivity contribution in [1.82, 2.24) is 9.66 Å². The predicted octanol–water partition coefficient (Wildman–Crippen LogP) is 6.13. The van der Waals surface area contributed by atoms with Crippen molar-refractivity contribution in [3.05, 3.63) is 60.1 Å². The molecule has 0 unspecified atom stereocenters. The van der Waals surface area contributed by atoms with Crippen LogP contribution >= 0.6 is 38.5 Å². The highest BCUT2D eigenvalue weighted by atomic mass is 127. The normalized spacial score (nSPS) is 13.0. The third-order valence-corrected chi connectivity index (χ3v) is 6.24. The number of hydrogen-bond donors (Lipinski definition) is 0. The van der Waals surface area contributed by atoms with Crippen molar-refractivity contribution in [2.45, 2.75) is 52.6 Å². The van der Waals surface area contributed by atoms with Crippen LogP contribution in [-0.2, 0) is 5.41 Å². The zero-order valence-corrected chi connectivity index (χ0v) is 22.8. The molecule has 0 spiro atoms. The van der Waals surface area contributed by atoms with Crippen LogP contribution in [0.15, 0.2) is 44.7 Å². The van der Waals surface area contributed by atoms with Crippen LogP contribution < -0.4 is 15.0 Å². The first-order chi connectivity index (χ1) is 15.0. The van der Waals surface area contributed by atoms with E-state index in [0.717, 1.165) is 20.0 Å². The molecule has 3 rings (SSSR count). The summed E-state index contributed by atoms with van der Waals surface area (Å²) in [6, 6.07) is 9.31. The van der Waals surface area contributed by atoms with Crippen molar-refractivity contribution < 1.29 is 9.47 Å². The molecule has 3 aromatic rings. The predicted molar refractivity (Wildman–Crippen MR) is 141 cm³/mol. The molecule has 2 aromatic carbocycles. The van der Waals surface area contributed by atoms with E-state index in [1.165, 1.54) is 4.68 Å². The Morgan fingerprint density at radius 1 is 1.28 bits per heavy atom. The maximum absolute atomic E-state index is 13.3. The number of fused-ring (bicyclic) bond motifs is 1. The van der Waals surface area contributed by atoms with E-state index in [0.29, 0.717) is 28.2 Å².